The second-order valence-corrected chi connectivity index (χ2v) is 6.06. The fourth-order valence-electron chi connectivity index (χ4n) is 2.35. The topological polar surface area (TPSA) is 113 Å². The minimum absolute atomic E-state index is 0.304. The Morgan fingerprint density at radius 3 is 2.52 bits per heavy atom. The fraction of sp³-hybridized carbons (Fsp3) is 0.846. The molecule has 1 amide bonds. The van der Waals surface area contributed by atoms with E-state index < -0.39 is 17.7 Å². The molecule has 0 aromatic rings. The van der Waals surface area contributed by atoms with Gasteiger partial charge in [0.05, 0.1) is 19.1 Å². The second kappa shape index (κ2) is 7.17. The van der Waals surface area contributed by atoms with E-state index in [0.29, 0.717) is 19.3 Å². The molecule has 1 aliphatic carbocycles. The minimum Gasteiger partial charge on any atom is -0.469 e. The molecule has 1 rings (SSSR count). The van der Waals surface area contributed by atoms with E-state index in [2.05, 4.69) is 15.3 Å². The van der Waals surface area contributed by atoms with Gasteiger partial charge in [0.1, 0.15) is 5.60 Å². The number of hydrogen-bond donors (Lipinski definition) is 1. The molecule has 1 N–H and O–H groups in total. The van der Waals surface area contributed by atoms with Gasteiger partial charge in [-0.15, -0.1) is 0 Å². The number of esters is 1. The molecule has 0 saturated heterocycles. The van der Waals surface area contributed by atoms with E-state index in [9.17, 15) is 9.59 Å². The molecule has 118 valence electrons. The molecule has 0 heterocycles. The van der Waals surface area contributed by atoms with Crippen LogP contribution < -0.4 is 5.32 Å². The van der Waals surface area contributed by atoms with Crippen molar-refractivity contribution in [1.29, 1.82) is 0 Å². The molecule has 1 aliphatic rings. The van der Waals surface area contributed by atoms with Crippen molar-refractivity contribution in [1.82, 2.24) is 5.32 Å². The molecule has 0 bridgehead atoms. The van der Waals surface area contributed by atoms with E-state index in [1.807, 2.05) is 0 Å². The molecule has 8 heteroatoms. The molecule has 0 aliphatic heterocycles. The summed E-state index contributed by atoms with van der Waals surface area (Å²) >= 11 is 0. The highest BCUT2D eigenvalue weighted by atomic mass is 16.6. The number of carbonyl (C=O) groups is 2. The van der Waals surface area contributed by atoms with Crippen LogP contribution in [0, 0.1) is 5.92 Å². The molecular weight excluding hydrogens is 276 g/mol. The largest absolute Gasteiger partial charge is 0.469 e. The molecule has 0 spiro atoms. The highest BCUT2D eigenvalue weighted by Crippen LogP contribution is 2.28. The predicted octanol–water partition coefficient (Wildman–Crippen LogP) is 2.53. The van der Waals surface area contributed by atoms with Gasteiger partial charge < -0.3 is 14.8 Å². The number of rotatable bonds is 3. The predicted molar refractivity (Wildman–Crippen MR) is 75.4 cm³/mol. The average Bonchev–Trinajstić information content (AvgIpc) is 2.38. The lowest BCUT2D eigenvalue weighted by molar-refractivity contribution is -0.146. The summed E-state index contributed by atoms with van der Waals surface area (Å²) < 4.78 is 9.90. The number of alkyl carbamates (subject to hydrolysis) is 1. The van der Waals surface area contributed by atoms with Crippen LogP contribution in [0.1, 0.15) is 40.0 Å². The summed E-state index contributed by atoms with van der Waals surface area (Å²) in [6, 6.07) is -0.822. The molecule has 0 aromatic heterocycles. The zero-order chi connectivity index (χ0) is 16.0. The van der Waals surface area contributed by atoms with Gasteiger partial charge in [-0.2, -0.15) is 0 Å². The van der Waals surface area contributed by atoms with E-state index in [0.717, 1.165) is 0 Å². The Hall–Kier alpha value is -1.95. The summed E-state index contributed by atoms with van der Waals surface area (Å²) in [5.41, 5.74) is 8.04. The molecule has 0 radical (unpaired) electrons. The molecule has 0 aromatic carbocycles. The van der Waals surface area contributed by atoms with E-state index in [4.69, 9.17) is 15.0 Å². The van der Waals surface area contributed by atoms with Gasteiger partial charge in [-0.05, 0) is 45.6 Å². The fourth-order valence-corrected chi connectivity index (χ4v) is 2.35. The first kappa shape index (κ1) is 17.1. The number of nitrogens with one attached hydrogen (secondary N) is 1. The van der Waals surface area contributed by atoms with Crippen molar-refractivity contribution in [2.75, 3.05) is 7.11 Å². The maximum Gasteiger partial charge on any atom is 0.407 e. The average molecular weight is 298 g/mol. The van der Waals surface area contributed by atoms with Crippen molar-refractivity contribution in [2.24, 2.45) is 11.0 Å². The van der Waals surface area contributed by atoms with Crippen LogP contribution in [0.4, 0.5) is 4.79 Å². The molecular formula is C13H22N4O4. The number of azide groups is 1. The lowest BCUT2D eigenvalue weighted by Crippen LogP contribution is -2.48. The van der Waals surface area contributed by atoms with Gasteiger partial charge in [0.25, 0.3) is 0 Å². The lowest BCUT2D eigenvalue weighted by atomic mass is 9.82. The monoisotopic (exact) mass is 298 g/mol. The maximum atomic E-state index is 11.8. The normalized spacial score (nSPS) is 25.4. The number of methoxy groups -OCH3 is 1. The summed E-state index contributed by atoms with van der Waals surface area (Å²) in [4.78, 5) is 26.1. The van der Waals surface area contributed by atoms with Crippen molar-refractivity contribution in [2.45, 2.75) is 57.7 Å². The number of carbonyl (C=O) groups excluding carboxylic acids is 2. The Morgan fingerprint density at radius 2 is 2.00 bits per heavy atom. The standard InChI is InChI=1S/C13H22N4O4/c1-13(2,3)21-12(19)15-9-6-5-8(11(18)20-4)7-10(9)16-17-14/h8-10H,5-7H2,1-4H3,(H,15,19)/t8-,9+,10+/m1/s1. The quantitative estimate of drug-likeness (QED) is 0.373. The summed E-state index contributed by atoms with van der Waals surface area (Å²) in [5.74, 6) is -0.619. The number of nitrogens with zero attached hydrogens (tertiary/aromatic N) is 3. The van der Waals surface area contributed by atoms with Gasteiger partial charge in [0.15, 0.2) is 0 Å². The third-order valence-corrected chi connectivity index (χ3v) is 3.25. The van der Waals surface area contributed by atoms with E-state index in [1.54, 1.807) is 20.8 Å². The summed E-state index contributed by atoms with van der Waals surface area (Å²) in [7, 11) is 1.33. The molecule has 21 heavy (non-hydrogen) atoms. The van der Waals surface area contributed by atoms with Crippen LogP contribution in [0.2, 0.25) is 0 Å². The van der Waals surface area contributed by atoms with Crippen LogP contribution in [0.15, 0.2) is 5.11 Å². The lowest BCUT2D eigenvalue weighted by Gasteiger charge is -2.33. The van der Waals surface area contributed by atoms with Crippen LogP contribution in [0.3, 0.4) is 0 Å². The zero-order valence-electron chi connectivity index (χ0n) is 12.8. The van der Waals surface area contributed by atoms with Crippen molar-refractivity contribution in [3.63, 3.8) is 0 Å². The van der Waals surface area contributed by atoms with Crippen LogP contribution in [-0.4, -0.2) is 36.9 Å². The van der Waals surface area contributed by atoms with Crippen LogP contribution >= 0.6 is 0 Å². The zero-order valence-corrected chi connectivity index (χ0v) is 12.8. The molecule has 1 fully saturated rings. The van der Waals surface area contributed by atoms with Gasteiger partial charge in [0, 0.05) is 11.0 Å². The van der Waals surface area contributed by atoms with Gasteiger partial charge in [-0.3, -0.25) is 4.79 Å². The van der Waals surface area contributed by atoms with Gasteiger partial charge in [-0.25, -0.2) is 4.79 Å². The summed E-state index contributed by atoms with van der Waals surface area (Å²) in [6.07, 6.45) is 0.909. The first-order chi connectivity index (χ1) is 9.76. The third kappa shape index (κ3) is 5.51. The highest BCUT2D eigenvalue weighted by molar-refractivity contribution is 5.72. The third-order valence-electron chi connectivity index (χ3n) is 3.25. The van der Waals surface area contributed by atoms with Crippen LogP contribution in [-0.2, 0) is 14.3 Å². The van der Waals surface area contributed by atoms with E-state index in [-0.39, 0.29) is 17.9 Å². The van der Waals surface area contributed by atoms with Crippen molar-refractivity contribution in [3.05, 3.63) is 10.4 Å². The number of hydrogen-bond acceptors (Lipinski definition) is 5. The van der Waals surface area contributed by atoms with Crippen molar-refractivity contribution >= 4 is 12.1 Å². The maximum absolute atomic E-state index is 11.8. The Kier molecular flexibility index (Phi) is 5.84. The number of ether oxygens (including phenoxy) is 2. The van der Waals surface area contributed by atoms with Gasteiger partial charge >= 0.3 is 12.1 Å². The minimum atomic E-state index is -0.596. The molecule has 8 nitrogen and oxygen atoms in total. The smallest absolute Gasteiger partial charge is 0.407 e. The van der Waals surface area contributed by atoms with Gasteiger partial charge in [-0.1, -0.05) is 5.11 Å². The Bertz CT molecular complexity index is 440. The SMILES string of the molecule is COC(=O)[C@@H]1CC[C@H](NC(=O)OC(C)(C)C)[C@@H](N=[N+]=[N-])C1. The molecule has 1 saturated carbocycles. The number of amides is 1. The first-order valence-corrected chi connectivity index (χ1v) is 6.88. The second-order valence-electron chi connectivity index (χ2n) is 6.06. The van der Waals surface area contributed by atoms with Crippen molar-refractivity contribution in [3.8, 4) is 0 Å². The van der Waals surface area contributed by atoms with Crippen LogP contribution in [0.5, 0.6) is 0 Å². The van der Waals surface area contributed by atoms with Gasteiger partial charge in [0.2, 0.25) is 0 Å². The molecule has 0 unspecified atom stereocenters. The Morgan fingerprint density at radius 1 is 1.33 bits per heavy atom. The van der Waals surface area contributed by atoms with E-state index >= 15 is 0 Å². The first-order valence-electron chi connectivity index (χ1n) is 6.88. The summed E-state index contributed by atoms with van der Waals surface area (Å²) in [6.45, 7) is 5.31. The van der Waals surface area contributed by atoms with E-state index in [1.165, 1.54) is 7.11 Å². The van der Waals surface area contributed by atoms with Crippen LogP contribution in [0.25, 0.3) is 10.4 Å². The Labute approximate surface area is 123 Å². The summed E-state index contributed by atoms with van der Waals surface area (Å²) in [5, 5.41) is 6.39. The highest BCUT2D eigenvalue weighted by Gasteiger charge is 2.35. The van der Waals surface area contributed by atoms with Crippen molar-refractivity contribution < 1.29 is 19.1 Å². The Balaban J connectivity index is 2.68. The molecule has 3 atom stereocenters.